The number of benzene rings is 1. The molecule has 0 atom stereocenters. The van der Waals surface area contributed by atoms with Crippen molar-refractivity contribution in [3.63, 3.8) is 0 Å². The van der Waals surface area contributed by atoms with E-state index in [-0.39, 0.29) is 0 Å². The number of rotatable bonds is 6. The molecule has 0 aliphatic carbocycles. The number of allylic oxidation sites excluding steroid dienone is 3. The van der Waals surface area contributed by atoms with Gasteiger partial charge < -0.3 is 0 Å². The zero-order valence-corrected chi connectivity index (χ0v) is 11.4. The molecule has 0 N–H and O–H groups in total. The van der Waals surface area contributed by atoms with E-state index in [0.717, 1.165) is 0 Å². The molecular weight excluding hydrogens is 204 g/mol. The molecule has 0 saturated heterocycles. The van der Waals surface area contributed by atoms with E-state index in [1.54, 1.807) is 0 Å². The Kier molecular flexibility index (Phi) is 11.8. The number of unbranched alkanes of at least 4 members (excludes halogenated alkanes) is 4. The SMILES string of the molecule is C=CC=CCCCCCC.Cc1ccccc1. The van der Waals surface area contributed by atoms with Crippen molar-refractivity contribution in [2.24, 2.45) is 0 Å². The standard InChI is InChI=1S/C10H18.C7H8/c1-3-5-7-9-10-8-6-4-2;1-7-5-3-2-4-6-7/h3,5,7H,1,4,6,8-10H2,2H3;2-6H,1H3. The molecule has 0 fully saturated rings. The second kappa shape index (κ2) is 12.8. The number of hydrogen-bond acceptors (Lipinski definition) is 0. The third kappa shape index (κ3) is 12.6. The zero-order valence-electron chi connectivity index (χ0n) is 11.4. The number of hydrogen-bond donors (Lipinski definition) is 0. The van der Waals surface area contributed by atoms with Gasteiger partial charge in [0.05, 0.1) is 0 Å². The van der Waals surface area contributed by atoms with E-state index in [1.165, 1.54) is 37.7 Å². The first-order valence-corrected chi connectivity index (χ1v) is 6.60. The van der Waals surface area contributed by atoms with Crippen LogP contribution >= 0.6 is 0 Å². The van der Waals surface area contributed by atoms with Gasteiger partial charge in [-0.05, 0) is 19.8 Å². The van der Waals surface area contributed by atoms with E-state index in [1.807, 2.05) is 30.4 Å². The Morgan fingerprint density at radius 3 is 2.24 bits per heavy atom. The van der Waals surface area contributed by atoms with Gasteiger partial charge in [-0.15, -0.1) is 0 Å². The van der Waals surface area contributed by atoms with Crippen molar-refractivity contribution in [2.75, 3.05) is 0 Å². The van der Waals surface area contributed by atoms with E-state index in [0.29, 0.717) is 0 Å². The molecule has 1 aromatic rings. The fourth-order valence-corrected chi connectivity index (χ4v) is 1.42. The third-order valence-electron chi connectivity index (χ3n) is 2.44. The van der Waals surface area contributed by atoms with E-state index in [9.17, 15) is 0 Å². The second-order valence-corrected chi connectivity index (χ2v) is 4.17. The van der Waals surface area contributed by atoms with Crippen LogP contribution in [0.1, 0.15) is 44.6 Å². The summed E-state index contributed by atoms with van der Waals surface area (Å²) in [5.74, 6) is 0. The first kappa shape index (κ1) is 15.7. The summed E-state index contributed by atoms with van der Waals surface area (Å²) in [4.78, 5) is 0. The Morgan fingerprint density at radius 1 is 1.06 bits per heavy atom. The Hall–Kier alpha value is -1.30. The second-order valence-electron chi connectivity index (χ2n) is 4.17. The summed E-state index contributed by atoms with van der Waals surface area (Å²) in [5.41, 5.74) is 1.32. The largest absolute Gasteiger partial charge is 0.0991 e. The fourth-order valence-electron chi connectivity index (χ4n) is 1.42. The topological polar surface area (TPSA) is 0 Å². The van der Waals surface area contributed by atoms with E-state index < -0.39 is 0 Å². The van der Waals surface area contributed by atoms with Crippen LogP contribution in [0.4, 0.5) is 0 Å². The average molecular weight is 230 g/mol. The molecule has 0 aliphatic heterocycles. The molecule has 17 heavy (non-hydrogen) atoms. The number of aryl methyl sites for hydroxylation is 1. The molecule has 0 amide bonds. The van der Waals surface area contributed by atoms with Gasteiger partial charge in [0.25, 0.3) is 0 Å². The summed E-state index contributed by atoms with van der Waals surface area (Å²) < 4.78 is 0. The zero-order chi connectivity index (χ0) is 12.8. The smallest absolute Gasteiger partial charge is 0.0348 e. The highest BCUT2D eigenvalue weighted by Gasteiger charge is 1.82. The predicted octanol–water partition coefficient (Wildman–Crippen LogP) is 5.69. The predicted molar refractivity (Wildman–Crippen MR) is 79.3 cm³/mol. The van der Waals surface area contributed by atoms with Crippen molar-refractivity contribution in [2.45, 2.75) is 46.0 Å². The van der Waals surface area contributed by atoms with Crippen LogP contribution in [0, 0.1) is 6.92 Å². The van der Waals surface area contributed by atoms with Crippen molar-refractivity contribution in [1.82, 2.24) is 0 Å². The van der Waals surface area contributed by atoms with Gasteiger partial charge in [-0.25, -0.2) is 0 Å². The maximum atomic E-state index is 3.61. The molecule has 0 aromatic heterocycles. The van der Waals surface area contributed by atoms with Gasteiger partial charge in [-0.1, -0.05) is 86.9 Å². The van der Waals surface area contributed by atoms with Crippen LogP contribution in [0.5, 0.6) is 0 Å². The van der Waals surface area contributed by atoms with Crippen molar-refractivity contribution < 1.29 is 0 Å². The lowest BCUT2D eigenvalue weighted by atomic mass is 10.1. The lowest BCUT2D eigenvalue weighted by Gasteiger charge is -1.92. The Labute approximate surface area is 107 Å². The van der Waals surface area contributed by atoms with Gasteiger partial charge in [0.1, 0.15) is 0 Å². The van der Waals surface area contributed by atoms with Crippen molar-refractivity contribution in [1.29, 1.82) is 0 Å². The van der Waals surface area contributed by atoms with Crippen LogP contribution in [-0.2, 0) is 0 Å². The minimum Gasteiger partial charge on any atom is -0.0991 e. The summed E-state index contributed by atoms with van der Waals surface area (Å²) in [6.45, 7) is 7.93. The van der Waals surface area contributed by atoms with Gasteiger partial charge in [0, 0.05) is 0 Å². The van der Waals surface area contributed by atoms with Crippen LogP contribution in [0.3, 0.4) is 0 Å². The van der Waals surface area contributed by atoms with Crippen LogP contribution in [-0.4, -0.2) is 0 Å². The quantitative estimate of drug-likeness (QED) is 0.435. The fraction of sp³-hybridized carbons (Fsp3) is 0.412. The van der Waals surface area contributed by atoms with Gasteiger partial charge in [-0.2, -0.15) is 0 Å². The molecule has 94 valence electrons. The molecule has 0 unspecified atom stereocenters. The average Bonchev–Trinajstić information content (AvgIpc) is 2.35. The maximum absolute atomic E-state index is 3.61. The molecule has 1 rings (SSSR count). The van der Waals surface area contributed by atoms with Crippen molar-refractivity contribution >= 4 is 0 Å². The summed E-state index contributed by atoms with van der Waals surface area (Å²) in [6.07, 6.45) is 12.7. The van der Waals surface area contributed by atoms with E-state index >= 15 is 0 Å². The molecule has 0 heteroatoms. The molecule has 0 heterocycles. The van der Waals surface area contributed by atoms with Crippen LogP contribution in [0.2, 0.25) is 0 Å². The van der Waals surface area contributed by atoms with Gasteiger partial charge >= 0.3 is 0 Å². The van der Waals surface area contributed by atoms with Crippen molar-refractivity contribution in [3.05, 3.63) is 60.7 Å². The molecule has 0 radical (unpaired) electrons. The Bertz CT molecular complexity index is 282. The highest BCUT2D eigenvalue weighted by molar-refractivity contribution is 5.11. The van der Waals surface area contributed by atoms with Crippen LogP contribution in [0.15, 0.2) is 55.1 Å². The molecule has 0 aliphatic rings. The van der Waals surface area contributed by atoms with E-state index in [4.69, 9.17) is 0 Å². The molecule has 0 spiro atoms. The van der Waals surface area contributed by atoms with Crippen LogP contribution < -0.4 is 0 Å². The highest BCUT2D eigenvalue weighted by Crippen LogP contribution is 2.02. The molecule has 0 saturated carbocycles. The summed E-state index contributed by atoms with van der Waals surface area (Å²) in [5, 5.41) is 0. The minimum absolute atomic E-state index is 1.21. The molecule has 1 aromatic carbocycles. The molecule has 0 nitrogen and oxygen atoms in total. The van der Waals surface area contributed by atoms with Crippen molar-refractivity contribution in [3.8, 4) is 0 Å². The normalized spacial score (nSPS) is 9.76. The Balaban J connectivity index is 0.000000318. The lowest BCUT2D eigenvalue weighted by molar-refractivity contribution is 0.674. The first-order valence-electron chi connectivity index (χ1n) is 6.60. The summed E-state index contributed by atoms with van der Waals surface area (Å²) >= 11 is 0. The maximum Gasteiger partial charge on any atom is -0.0348 e. The van der Waals surface area contributed by atoms with E-state index in [2.05, 4.69) is 38.6 Å². The highest BCUT2D eigenvalue weighted by atomic mass is 13.9. The monoisotopic (exact) mass is 230 g/mol. The molecular formula is C17H26. The first-order chi connectivity index (χ1) is 8.31. The lowest BCUT2D eigenvalue weighted by Crippen LogP contribution is -1.72. The van der Waals surface area contributed by atoms with Crippen LogP contribution in [0.25, 0.3) is 0 Å². The molecule has 0 bridgehead atoms. The Morgan fingerprint density at radius 2 is 1.76 bits per heavy atom. The summed E-state index contributed by atoms with van der Waals surface area (Å²) in [7, 11) is 0. The minimum atomic E-state index is 1.21. The van der Waals surface area contributed by atoms with Gasteiger partial charge in [0.15, 0.2) is 0 Å². The van der Waals surface area contributed by atoms with Gasteiger partial charge in [-0.3, -0.25) is 0 Å². The van der Waals surface area contributed by atoms with Gasteiger partial charge in [0.2, 0.25) is 0 Å². The summed E-state index contributed by atoms with van der Waals surface area (Å²) in [6, 6.07) is 10.3. The third-order valence-corrected chi connectivity index (χ3v) is 2.44.